The molecule has 1 N–H and O–H groups in total. The molecule has 3 heterocycles. The van der Waals surface area contributed by atoms with Gasteiger partial charge >= 0.3 is 0 Å². The predicted octanol–water partition coefficient (Wildman–Crippen LogP) is 4.26. The van der Waals surface area contributed by atoms with Crippen LogP contribution in [0.25, 0.3) is 11.5 Å². The van der Waals surface area contributed by atoms with Crippen molar-refractivity contribution >= 4 is 11.8 Å². The molecule has 2 aliphatic rings. The van der Waals surface area contributed by atoms with Crippen LogP contribution in [0.3, 0.4) is 0 Å². The molecule has 1 saturated carbocycles. The zero-order chi connectivity index (χ0) is 22.1. The molecule has 1 aromatic carbocycles. The van der Waals surface area contributed by atoms with Crippen molar-refractivity contribution in [3.05, 3.63) is 72.1 Å². The number of furan rings is 1. The van der Waals surface area contributed by atoms with Crippen molar-refractivity contribution in [3.8, 4) is 11.5 Å². The van der Waals surface area contributed by atoms with E-state index < -0.39 is 5.54 Å². The number of carbonyl (C=O) groups is 2. The fourth-order valence-corrected chi connectivity index (χ4v) is 5.06. The summed E-state index contributed by atoms with van der Waals surface area (Å²) in [7, 11) is 0. The van der Waals surface area contributed by atoms with Crippen molar-refractivity contribution in [2.75, 3.05) is 6.54 Å². The Morgan fingerprint density at radius 2 is 1.81 bits per heavy atom. The molecule has 166 valence electrons. The van der Waals surface area contributed by atoms with Crippen LogP contribution in [0.15, 0.2) is 65.3 Å². The second-order valence-electron chi connectivity index (χ2n) is 9.09. The number of hydrogen-bond acceptors (Lipinski definition) is 3. The molecule has 1 aliphatic carbocycles. The van der Waals surface area contributed by atoms with Crippen molar-refractivity contribution in [2.45, 2.75) is 57.2 Å². The van der Waals surface area contributed by atoms with E-state index in [2.05, 4.69) is 17.4 Å². The molecule has 0 unspecified atom stereocenters. The van der Waals surface area contributed by atoms with Gasteiger partial charge < -0.3 is 19.2 Å². The summed E-state index contributed by atoms with van der Waals surface area (Å²) in [6.07, 6.45) is 6.62. The number of carbonyl (C=O) groups excluding carboxylic acids is 2. The molecule has 2 aromatic heterocycles. The lowest BCUT2D eigenvalue weighted by Crippen LogP contribution is -2.65. The van der Waals surface area contributed by atoms with Gasteiger partial charge in [-0.3, -0.25) is 9.59 Å². The Labute approximate surface area is 188 Å². The first-order valence-electron chi connectivity index (χ1n) is 11.5. The third-order valence-corrected chi connectivity index (χ3v) is 6.93. The molecule has 5 rings (SSSR count). The molecule has 6 heteroatoms. The van der Waals surface area contributed by atoms with Gasteiger partial charge in [0.15, 0.2) is 0 Å². The molecule has 1 aliphatic heterocycles. The smallest absolute Gasteiger partial charge is 0.271 e. The first-order valence-corrected chi connectivity index (χ1v) is 11.5. The third kappa shape index (κ3) is 3.64. The predicted molar refractivity (Wildman–Crippen MR) is 122 cm³/mol. The van der Waals surface area contributed by atoms with Crippen LogP contribution in [0, 0.1) is 0 Å². The average Bonchev–Trinajstić information content (AvgIpc) is 3.56. The van der Waals surface area contributed by atoms with E-state index in [4.69, 9.17) is 4.42 Å². The highest BCUT2D eigenvalue weighted by Crippen LogP contribution is 2.34. The number of amides is 2. The van der Waals surface area contributed by atoms with Crippen LogP contribution in [0.4, 0.5) is 0 Å². The molecule has 1 fully saturated rings. The van der Waals surface area contributed by atoms with E-state index in [0.717, 1.165) is 36.9 Å². The highest BCUT2D eigenvalue weighted by Gasteiger charge is 2.48. The number of hydrogen-bond donors (Lipinski definition) is 1. The molecule has 0 saturated heterocycles. The van der Waals surface area contributed by atoms with Gasteiger partial charge in [-0.2, -0.15) is 0 Å². The minimum atomic E-state index is -0.984. The Morgan fingerprint density at radius 1 is 1.06 bits per heavy atom. The Morgan fingerprint density at radius 3 is 2.53 bits per heavy atom. The standard InChI is InChI=1S/C26H29N3O3/c1-26(25(31)27-20-10-5-6-11-20)18-28-21(23-12-7-17-32-23)13-14-22(28)24(30)29(26)16-15-19-8-3-2-4-9-19/h2-4,7-9,12-14,17,20H,5-6,10-11,15-16,18H2,1H3,(H,27,31)/t26-/m1/s1. The molecule has 1 atom stereocenters. The summed E-state index contributed by atoms with van der Waals surface area (Å²) in [5, 5.41) is 3.25. The lowest BCUT2D eigenvalue weighted by Gasteiger charge is -2.44. The first-order chi connectivity index (χ1) is 15.6. The van der Waals surface area contributed by atoms with E-state index in [1.165, 1.54) is 0 Å². The van der Waals surface area contributed by atoms with Crippen LogP contribution in [-0.4, -0.2) is 39.4 Å². The van der Waals surface area contributed by atoms with Crippen LogP contribution >= 0.6 is 0 Å². The maximum absolute atomic E-state index is 13.7. The Hall–Kier alpha value is -3.28. The maximum atomic E-state index is 13.7. The molecular weight excluding hydrogens is 402 g/mol. The zero-order valence-corrected chi connectivity index (χ0v) is 18.4. The van der Waals surface area contributed by atoms with Crippen LogP contribution in [0.2, 0.25) is 0 Å². The number of rotatable bonds is 6. The van der Waals surface area contributed by atoms with E-state index in [0.29, 0.717) is 31.0 Å². The van der Waals surface area contributed by atoms with Gasteiger partial charge in [-0.1, -0.05) is 43.2 Å². The van der Waals surface area contributed by atoms with E-state index in [1.54, 1.807) is 11.2 Å². The summed E-state index contributed by atoms with van der Waals surface area (Å²) < 4.78 is 7.54. The van der Waals surface area contributed by atoms with Crippen LogP contribution in [0.1, 0.15) is 48.7 Å². The fourth-order valence-electron chi connectivity index (χ4n) is 5.06. The van der Waals surface area contributed by atoms with E-state index >= 15 is 0 Å². The number of aromatic nitrogens is 1. The van der Waals surface area contributed by atoms with Crippen molar-refractivity contribution < 1.29 is 14.0 Å². The quantitative estimate of drug-likeness (QED) is 0.634. The van der Waals surface area contributed by atoms with Gasteiger partial charge in [0.1, 0.15) is 17.0 Å². The second kappa shape index (κ2) is 8.34. The molecule has 3 aromatic rings. The Kier molecular flexibility index (Phi) is 5.37. The highest BCUT2D eigenvalue weighted by atomic mass is 16.3. The summed E-state index contributed by atoms with van der Waals surface area (Å²) in [5.41, 5.74) is 1.58. The van der Waals surface area contributed by atoms with E-state index in [1.807, 2.05) is 54.0 Å². The molecule has 2 amide bonds. The van der Waals surface area contributed by atoms with Crippen LogP contribution < -0.4 is 5.32 Å². The van der Waals surface area contributed by atoms with Gasteiger partial charge in [0, 0.05) is 12.6 Å². The second-order valence-corrected chi connectivity index (χ2v) is 9.09. The summed E-state index contributed by atoms with van der Waals surface area (Å²) in [5.74, 6) is 0.505. The van der Waals surface area contributed by atoms with Crippen molar-refractivity contribution in [2.24, 2.45) is 0 Å². The van der Waals surface area contributed by atoms with Crippen LogP contribution in [0.5, 0.6) is 0 Å². The molecular formula is C26H29N3O3. The summed E-state index contributed by atoms with van der Waals surface area (Å²) in [6.45, 7) is 2.78. The topological polar surface area (TPSA) is 67.5 Å². The monoisotopic (exact) mass is 431 g/mol. The zero-order valence-electron chi connectivity index (χ0n) is 18.4. The molecule has 32 heavy (non-hydrogen) atoms. The molecule has 0 radical (unpaired) electrons. The summed E-state index contributed by atoms with van der Waals surface area (Å²) >= 11 is 0. The minimum Gasteiger partial charge on any atom is -0.463 e. The largest absolute Gasteiger partial charge is 0.463 e. The Balaban J connectivity index is 1.49. The number of benzene rings is 1. The molecule has 6 nitrogen and oxygen atoms in total. The normalized spacial score (nSPS) is 21.0. The third-order valence-electron chi connectivity index (χ3n) is 6.93. The number of nitrogens with zero attached hydrogens (tertiary/aromatic N) is 2. The van der Waals surface area contributed by atoms with Gasteiger partial charge in [0.2, 0.25) is 5.91 Å². The van der Waals surface area contributed by atoms with Gasteiger partial charge in [-0.25, -0.2) is 0 Å². The van der Waals surface area contributed by atoms with Crippen molar-refractivity contribution in [1.29, 1.82) is 0 Å². The fraction of sp³-hybridized carbons (Fsp3) is 0.385. The van der Waals surface area contributed by atoms with Gasteiger partial charge in [-0.05, 0) is 56.0 Å². The maximum Gasteiger partial charge on any atom is 0.271 e. The lowest BCUT2D eigenvalue weighted by molar-refractivity contribution is -0.133. The summed E-state index contributed by atoms with van der Waals surface area (Å²) in [4.78, 5) is 29.1. The van der Waals surface area contributed by atoms with Gasteiger partial charge in [-0.15, -0.1) is 0 Å². The van der Waals surface area contributed by atoms with Crippen molar-refractivity contribution in [3.63, 3.8) is 0 Å². The van der Waals surface area contributed by atoms with Gasteiger partial charge in [0.25, 0.3) is 5.91 Å². The number of nitrogens with one attached hydrogen (secondary N) is 1. The highest BCUT2D eigenvalue weighted by molar-refractivity contribution is 6.00. The van der Waals surface area contributed by atoms with E-state index in [9.17, 15) is 9.59 Å². The lowest BCUT2D eigenvalue weighted by atomic mass is 9.93. The van der Waals surface area contributed by atoms with Gasteiger partial charge in [0.05, 0.1) is 18.5 Å². The SMILES string of the molecule is C[C@]1(C(=O)NC2CCCC2)Cn2c(ccc2-c2ccco2)C(=O)N1CCc1ccccc1. The van der Waals surface area contributed by atoms with Crippen molar-refractivity contribution in [1.82, 2.24) is 14.8 Å². The molecule has 0 bridgehead atoms. The van der Waals surface area contributed by atoms with Crippen LogP contribution in [-0.2, 0) is 17.8 Å². The first kappa shape index (κ1) is 20.6. The average molecular weight is 432 g/mol. The Bertz CT molecular complexity index is 1100. The summed E-state index contributed by atoms with van der Waals surface area (Å²) in [6, 6.07) is 17.7. The molecule has 0 spiro atoms. The van der Waals surface area contributed by atoms with E-state index in [-0.39, 0.29) is 17.9 Å². The minimum absolute atomic E-state index is 0.0736. The number of fused-ring (bicyclic) bond motifs is 1.